The van der Waals surface area contributed by atoms with Crippen LogP contribution < -0.4 is 15.8 Å². The lowest BCUT2D eigenvalue weighted by Crippen LogP contribution is -2.34. The highest BCUT2D eigenvalue weighted by Gasteiger charge is 2.05. The number of benzene rings is 1. The van der Waals surface area contributed by atoms with Gasteiger partial charge < -0.3 is 20.9 Å². The lowest BCUT2D eigenvalue weighted by Gasteiger charge is -2.11. The van der Waals surface area contributed by atoms with E-state index in [-0.39, 0.29) is 37.1 Å². The van der Waals surface area contributed by atoms with Gasteiger partial charge >= 0.3 is 0 Å². The molecule has 1 rings (SSSR count). The molecule has 0 aliphatic carbocycles. The maximum Gasteiger partial charge on any atom is 0.188 e. The number of rotatable bonds is 8. The summed E-state index contributed by atoms with van der Waals surface area (Å²) in [5.74, 6) is 1.73. The van der Waals surface area contributed by atoms with Crippen LogP contribution in [0, 0.1) is 9.49 Å². The fraction of sp³-hybridized carbons (Fsp3) is 0.533. The number of guanidine groups is 1. The molecule has 0 radical (unpaired) electrons. The van der Waals surface area contributed by atoms with Crippen molar-refractivity contribution in [3.8, 4) is 5.75 Å². The third-order valence-corrected chi connectivity index (χ3v) is 3.48. The summed E-state index contributed by atoms with van der Waals surface area (Å²) in [6.07, 6.45) is 0.365. The first-order chi connectivity index (χ1) is 9.97. The second kappa shape index (κ2) is 12.2. The molecule has 0 aliphatic rings. The second-order valence-electron chi connectivity index (χ2n) is 5.25. The van der Waals surface area contributed by atoms with Gasteiger partial charge in [0, 0.05) is 10.1 Å². The van der Waals surface area contributed by atoms with E-state index in [1.165, 1.54) is 0 Å². The summed E-state index contributed by atoms with van der Waals surface area (Å²) < 4.78 is 6.63. The van der Waals surface area contributed by atoms with Crippen LogP contribution in [0.25, 0.3) is 0 Å². The number of nitrogens with two attached hydrogens (primary N) is 1. The number of hydrogen-bond donors (Lipinski definition) is 3. The predicted octanol–water partition coefficient (Wildman–Crippen LogP) is 2.60. The van der Waals surface area contributed by atoms with Crippen molar-refractivity contribution in [2.45, 2.75) is 26.4 Å². The van der Waals surface area contributed by atoms with Crippen molar-refractivity contribution >= 4 is 52.5 Å². The van der Waals surface area contributed by atoms with Gasteiger partial charge in [-0.25, -0.2) is 0 Å². The van der Waals surface area contributed by atoms with Crippen molar-refractivity contribution in [2.24, 2.45) is 16.6 Å². The normalized spacial score (nSPS) is 12.7. The molecule has 0 aromatic heterocycles. The molecule has 22 heavy (non-hydrogen) atoms. The summed E-state index contributed by atoms with van der Waals surface area (Å²) in [4.78, 5) is 4.10. The summed E-state index contributed by atoms with van der Waals surface area (Å²) in [6, 6.07) is 7.66. The highest BCUT2D eigenvalue weighted by Crippen LogP contribution is 2.13. The Morgan fingerprint density at radius 1 is 1.36 bits per heavy atom. The second-order valence-corrected chi connectivity index (χ2v) is 6.50. The van der Waals surface area contributed by atoms with Gasteiger partial charge in [0.05, 0.1) is 6.54 Å². The third-order valence-electron chi connectivity index (χ3n) is 2.76. The fourth-order valence-corrected chi connectivity index (χ4v) is 1.88. The molecule has 0 saturated heterocycles. The number of nitrogens with one attached hydrogen (secondary N) is 1. The SMILES string of the molecule is CC(C)CCNC(N)=NCC(O)COc1ccc(I)cc1.I. The van der Waals surface area contributed by atoms with Gasteiger partial charge in [-0.2, -0.15) is 0 Å². The smallest absolute Gasteiger partial charge is 0.188 e. The first-order valence-corrected chi connectivity index (χ1v) is 8.15. The Labute approximate surface area is 163 Å². The van der Waals surface area contributed by atoms with Crippen molar-refractivity contribution in [1.82, 2.24) is 5.32 Å². The predicted molar refractivity (Wildman–Crippen MR) is 110 cm³/mol. The summed E-state index contributed by atoms with van der Waals surface area (Å²) in [5, 5.41) is 12.8. The molecule has 4 N–H and O–H groups in total. The van der Waals surface area contributed by atoms with E-state index >= 15 is 0 Å². The molecule has 0 saturated carbocycles. The Bertz CT molecular complexity index is 439. The quantitative estimate of drug-likeness (QED) is 0.273. The monoisotopic (exact) mass is 533 g/mol. The molecule has 1 aromatic carbocycles. The Balaban J connectivity index is 0.00000441. The number of aliphatic hydroxyl groups is 1. The zero-order valence-corrected chi connectivity index (χ0v) is 17.4. The van der Waals surface area contributed by atoms with Crippen LogP contribution in [0.2, 0.25) is 0 Å². The number of nitrogens with zero attached hydrogens (tertiary/aromatic N) is 1. The van der Waals surface area contributed by atoms with E-state index in [9.17, 15) is 5.11 Å². The molecule has 1 unspecified atom stereocenters. The third kappa shape index (κ3) is 10.4. The van der Waals surface area contributed by atoms with Crippen molar-refractivity contribution in [1.29, 1.82) is 0 Å². The van der Waals surface area contributed by atoms with E-state index < -0.39 is 6.10 Å². The van der Waals surface area contributed by atoms with E-state index in [0.717, 1.165) is 22.3 Å². The molecular weight excluding hydrogens is 508 g/mol. The van der Waals surface area contributed by atoms with Crippen molar-refractivity contribution in [3.05, 3.63) is 27.8 Å². The summed E-state index contributed by atoms with van der Waals surface area (Å²) in [7, 11) is 0. The van der Waals surface area contributed by atoms with Gasteiger partial charge in [0.15, 0.2) is 5.96 Å². The average Bonchev–Trinajstić information content (AvgIpc) is 2.44. The van der Waals surface area contributed by atoms with Crippen LogP contribution in [0.15, 0.2) is 29.3 Å². The molecule has 0 bridgehead atoms. The maximum atomic E-state index is 9.81. The molecule has 7 heteroatoms. The molecule has 0 heterocycles. The Kier molecular flexibility index (Phi) is 12.0. The molecule has 126 valence electrons. The van der Waals surface area contributed by atoms with Crippen LogP contribution in [-0.2, 0) is 0 Å². The zero-order chi connectivity index (χ0) is 15.7. The lowest BCUT2D eigenvalue weighted by molar-refractivity contribution is 0.114. The fourth-order valence-electron chi connectivity index (χ4n) is 1.52. The average molecular weight is 533 g/mol. The maximum absolute atomic E-state index is 9.81. The highest BCUT2D eigenvalue weighted by atomic mass is 127. The molecule has 0 spiro atoms. The van der Waals surface area contributed by atoms with Crippen molar-refractivity contribution < 1.29 is 9.84 Å². The Morgan fingerprint density at radius 2 is 2.00 bits per heavy atom. The van der Waals surface area contributed by atoms with Gasteiger partial charge in [-0.05, 0) is 59.2 Å². The summed E-state index contributed by atoms with van der Waals surface area (Å²) in [5.41, 5.74) is 5.72. The standard InChI is InChI=1S/C15H24IN3O2.HI/c1-11(2)7-8-18-15(17)19-9-13(20)10-21-14-5-3-12(16)4-6-14;/h3-6,11,13,20H,7-10H2,1-2H3,(H3,17,18,19);1H. The van der Waals surface area contributed by atoms with Gasteiger partial charge in [0.1, 0.15) is 18.5 Å². The number of aliphatic imine (C=N–C) groups is 1. The van der Waals surface area contributed by atoms with E-state index in [0.29, 0.717) is 11.9 Å². The van der Waals surface area contributed by atoms with E-state index in [2.05, 4.69) is 46.7 Å². The molecule has 5 nitrogen and oxygen atoms in total. The van der Waals surface area contributed by atoms with Gasteiger partial charge in [-0.1, -0.05) is 13.8 Å². The molecule has 0 amide bonds. The minimum absolute atomic E-state index is 0. The first kappa shape index (κ1) is 21.7. The van der Waals surface area contributed by atoms with Crippen LogP contribution in [0.3, 0.4) is 0 Å². The largest absolute Gasteiger partial charge is 0.491 e. The van der Waals surface area contributed by atoms with Crippen LogP contribution in [0.4, 0.5) is 0 Å². The summed E-state index contributed by atoms with van der Waals surface area (Å²) in [6.45, 7) is 5.53. The minimum atomic E-state index is -0.672. The summed E-state index contributed by atoms with van der Waals surface area (Å²) >= 11 is 2.23. The minimum Gasteiger partial charge on any atom is -0.491 e. The van der Waals surface area contributed by atoms with E-state index in [4.69, 9.17) is 10.5 Å². The molecule has 0 fully saturated rings. The van der Waals surface area contributed by atoms with Crippen LogP contribution in [-0.4, -0.2) is 36.9 Å². The molecule has 1 aromatic rings. The van der Waals surface area contributed by atoms with Gasteiger partial charge in [0.25, 0.3) is 0 Å². The molecule has 0 aliphatic heterocycles. The van der Waals surface area contributed by atoms with Crippen LogP contribution >= 0.6 is 46.6 Å². The van der Waals surface area contributed by atoms with Gasteiger partial charge in [-0.3, -0.25) is 4.99 Å². The zero-order valence-electron chi connectivity index (χ0n) is 13.0. The number of aliphatic hydroxyl groups excluding tert-OH is 1. The van der Waals surface area contributed by atoms with E-state index in [1.54, 1.807) is 0 Å². The van der Waals surface area contributed by atoms with Crippen molar-refractivity contribution in [3.63, 3.8) is 0 Å². The lowest BCUT2D eigenvalue weighted by atomic mass is 10.1. The molecule has 1 atom stereocenters. The first-order valence-electron chi connectivity index (χ1n) is 7.07. The van der Waals surface area contributed by atoms with Crippen molar-refractivity contribution in [2.75, 3.05) is 19.7 Å². The Hall–Kier alpha value is -0.290. The number of halogens is 2. The van der Waals surface area contributed by atoms with Gasteiger partial charge in [-0.15, -0.1) is 24.0 Å². The molecular formula is C15H25I2N3O2. The van der Waals surface area contributed by atoms with Crippen LogP contribution in [0.5, 0.6) is 5.75 Å². The number of hydrogen-bond acceptors (Lipinski definition) is 3. The highest BCUT2D eigenvalue weighted by molar-refractivity contribution is 14.1. The van der Waals surface area contributed by atoms with Gasteiger partial charge in [0.2, 0.25) is 0 Å². The number of ether oxygens (including phenoxy) is 1. The van der Waals surface area contributed by atoms with E-state index in [1.807, 2.05) is 24.3 Å². The van der Waals surface area contributed by atoms with Crippen LogP contribution in [0.1, 0.15) is 20.3 Å². The Morgan fingerprint density at radius 3 is 2.59 bits per heavy atom. The topological polar surface area (TPSA) is 79.9 Å².